The van der Waals surface area contributed by atoms with Crippen molar-refractivity contribution >= 4 is 60.8 Å². The lowest BCUT2D eigenvalue weighted by Crippen LogP contribution is -2.24. The maximum atomic E-state index is 2.53. The molecule has 1 aliphatic rings. The third kappa shape index (κ3) is 3.49. The predicted molar refractivity (Wildman–Crippen MR) is 167 cm³/mol. The molecule has 0 spiro atoms. The van der Waals surface area contributed by atoms with Gasteiger partial charge >= 0.3 is 0 Å². The van der Waals surface area contributed by atoms with Crippen LogP contribution in [0.2, 0.25) is 0 Å². The first-order valence-electron chi connectivity index (χ1n) is 13.8. The Morgan fingerprint density at radius 2 is 1.08 bits per heavy atom. The van der Waals surface area contributed by atoms with Gasteiger partial charge in [-0.05, 0) is 82.4 Å². The van der Waals surface area contributed by atoms with Crippen molar-refractivity contribution in [2.75, 3.05) is 16.3 Å². The van der Waals surface area contributed by atoms with Gasteiger partial charge in [0.1, 0.15) is 0 Å². The molecule has 2 nitrogen and oxygen atoms in total. The lowest BCUT2D eigenvalue weighted by molar-refractivity contribution is 0.768. The molecule has 0 N–H and O–H groups in total. The van der Waals surface area contributed by atoms with Gasteiger partial charge in [0.2, 0.25) is 0 Å². The Labute approximate surface area is 228 Å². The summed E-state index contributed by atoms with van der Waals surface area (Å²) < 4.78 is 0. The number of nitrogens with zero attached hydrogens (tertiary/aromatic N) is 2. The first-order valence-corrected chi connectivity index (χ1v) is 13.8. The largest absolute Gasteiger partial charge is 0.341 e. The van der Waals surface area contributed by atoms with E-state index < -0.39 is 0 Å². The third-order valence-corrected chi connectivity index (χ3v) is 8.29. The van der Waals surface area contributed by atoms with Gasteiger partial charge < -0.3 is 9.80 Å². The number of aryl methyl sites for hydroxylation is 1. The molecule has 0 unspecified atom stereocenters. The van der Waals surface area contributed by atoms with E-state index >= 15 is 0 Å². The van der Waals surface area contributed by atoms with Crippen LogP contribution in [-0.4, -0.2) is 6.54 Å². The van der Waals surface area contributed by atoms with Crippen LogP contribution in [-0.2, 0) is 6.42 Å². The number of anilines is 5. The molecule has 7 aromatic carbocycles. The van der Waals surface area contributed by atoms with E-state index in [9.17, 15) is 0 Å². The highest BCUT2D eigenvalue weighted by Crippen LogP contribution is 2.46. The van der Waals surface area contributed by atoms with Crippen LogP contribution >= 0.6 is 0 Å². The maximum absolute atomic E-state index is 2.53. The molecule has 1 aliphatic heterocycles. The van der Waals surface area contributed by atoms with Crippen molar-refractivity contribution in [3.05, 3.63) is 139 Å². The molecule has 0 saturated heterocycles. The van der Waals surface area contributed by atoms with Gasteiger partial charge in [-0.25, -0.2) is 0 Å². The van der Waals surface area contributed by atoms with E-state index in [0.717, 1.165) is 24.3 Å². The Morgan fingerprint density at radius 1 is 0.487 bits per heavy atom. The summed E-state index contributed by atoms with van der Waals surface area (Å²) in [6, 6.07) is 48.7. The highest BCUT2D eigenvalue weighted by atomic mass is 15.1. The summed E-state index contributed by atoms with van der Waals surface area (Å²) in [5, 5.41) is 7.87. The Bertz CT molecular complexity index is 1900. The molecule has 1 heterocycles. The zero-order valence-electron chi connectivity index (χ0n) is 21.7. The topological polar surface area (TPSA) is 6.48 Å². The van der Waals surface area contributed by atoms with Crippen molar-refractivity contribution < 1.29 is 0 Å². The number of benzene rings is 7. The molecule has 0 bridgehead atoms. The summed E-state index contributed by atoms with van der Waals surface area (Å²) in [5.74, 6) is 0. The van der Waals surface area contributed by atoms with Crippen LogP contribution in [0.25, 0.3) is 32.3 Å². The number of rotatable bonds is 4. The fourth-order valence-electron chi connectivity index (χ4n) is 6.57. The highest BCUT2D eigenvalue weighted by molar-refractivity contribution is 6.27. The van der Waals surface area contributed by atoms with Crippen molar-refractivity contribution in [3.63, 3.8) is 0 Å². The average Bonchev–Trinajstić information content (AvgIpc) is 3.01. The summed E-state index contributed by atoms with van der Waals surface area (Å²) in [4.78, 5) is 4.92. The number of para-hydroxylation sites is 3. The molecule has 0 fully saturated rings. The van der Waals surface area contributed by atoms with Gasteiger partial charge in [0, 0.05) is 40.1 Å². The van der Waals surface area contributed by atoms with Crippen molar-refractivity contribution in [2.24, 2.45) is 0 Å². The molecule has 0 saturated carbocycles. The van der Waals surface area contributed by atoms with Crippen LogP contribution in [0, 0.1) is 0 Å². The van der Waals surface area contributed by atoms with Gasteiger partial charge in [0.05, 0.1) is 5.69 Å². The predicted octanol–water partition coefficient (Wildman–Crippen LogP) is 10.1. The van der Waals surface area contributed by atoms with Crippen LogP contribution < -0.4 is 9.80 Å². The minimum Gasteiger partial charge on any atom is -0.341 e. The van der Waals surface area contributed by atoms with Crippen LogP contribution in [0.5, 0.6) is 0 Å². The second-order valence-corrected chi connectivity index (χ2v) is 10.5. The molecule has 7 aromatic rings. The second-order valence-electron chi connectivity index (χ2n) is 10.5. The Hall–Kier alpha value is -4.82. The molecular weight excluding hydrogens is 472 g/mol. The fourth-order valence-corrected chi connectivity index (χ4v) is 6.57. The first-order chi connectivity index (χ1) is 19.4. The molecule has 0 aliphatic carbocycles. The van der Waals surface area contributed by atoms with E-state index in [-0.39, 0.29) is 0 Å². The highest BCUT2D eigenvalue weighted by Gasteiger charge is 2.22. The Balaban J connectivity index is 1.40. The smallest absolute Gasteiger partial charge is 0.0540 e. The molecule has 8 rings (SSSR count). The zero-order valence-corrected chi connectivity index (χ0v) is 21.7. The summed E-state index contributed by atoms with van der Waals surface area (Å²) >= 11 is 0. The quantitative estimate of drug-likeness (QED) is 0.222. The molecule has 0 amide bonds. The lowest BCUT2D eigenvalue weighted by Gasteiger charge is -2.33. The first kappa shape index (κ1) is 22.2. The Morgan fingerprint density at radius 3 is 1.82 bits per heavy atom. The van der Waals surface area contributed by atoms with Crippen LogP contribution in [0.1, 0.15) is 12.0 Å². The second kappa shape index (κ2) is 8.89. The normalized spacial score (nSPS) is 13.3. The third-order valence-electron chi connectivity index (χ3n) is 8.29. The summed E-state index contributed by atoms with van der Waals surface area (Å²) in [7, 11) is 0. The van der Waals surface area contributed by atoms with E-state index in [1.807, 2.05) is 0 Å². The number of fused-ring (bicyclic) bond motifs is 1. The molecule has 2 heteroatoms. The average molecular weight is 501 g/mol. The summed E-state index contributed by atoms with van der Waals surface area (Å²) in [6.07, 6.45) is 2.32. The molecule has 39 heavy (non-hydrogen) atoms. The van der Waals surface area contributed by atoms with Crippen molar-refractivity contribution in [3.8, 4) is 0 Å². The van der Waals surface area contributed by atoms with E-state index in [1.165, 1.54) is 61.4 Å². The van der Waals surface area contributed by atoms with Crippen molar-refractivity contribution in [1.82, 2.24) is 0 Å². The number of hydrogen-bond donors (Lipinski definition) is 0. The van der Waals surface area contributed by atoms with Crippen molar-refractivity contribution in [2.45, 2.75) is 12.8 Å². The minimum atomic E-state index is 1.04. The van der Waals surface area contributed by atoms with Crippen molar-refractivity contribution in [1.29, 1.82) is 0 Å². The molecule has 0 aromatic heterocycles. The zero-order chi connectivity index (χ0) is 25.8. The van der Waals surface area contributed by atoms with E-state index in [4.69, 9.17) is 0 Å². The molecule has 0 radical (unpaired) electrons. The van der Waals surface area contributed by atoms with Gasteiger partial charge in [-0.3, -0.25) is 0 Å². The van der Waals surface area contributed by atoms with Gasteiger partial charge in [-0.1, -0.05) is 91.0 Å². The SMILES string of the molecule is c1ccc(N(c2ccccc2)c2ccc3ccc4c(N5CCCc6ccccc65)ccc5ccc2c3c54)cc1. The monoisotopic (exact) mass is 500 g/mol. The van der Waals surface area contributed by atoms with Crippen LogP contribution in [0.15, 0.2) is 133 Å². The lowest BCUT2D eigenvalue weighted by atomic mass is 9.91. The van der Waals surface area contributed by atoms with Crippen LogP contribution in [0.4, 0.5) is 28.4 Å². The molecule has 186 valence electrons. The fraction of sp³-hybridized carbons (Fsp3) is 0.0811. The van der Waals surface area contributed by atoms with E-state index in [1.54, 1.807) is 0 Å². The van der Waals surface area contributed by atoms with Crippen LogP contribution in [0.3, 0.4) is 0 Å². The van der Waals surface area contributed by atoms with E-state index in [2.05, 4.69) is 143 Å². The standard InChI is InChI=1S/C37H28N2/c1-3-12-29(13-4-1)39(30-14-5-2-6-15-30)35-24-20-28-17-21-31-34(23-19-27-18-22-32(35)37(28)36(27)31)38-25-9-11-26-10-7-8-16-33(26)38/h1-8,10,12-24H,9,11,25H2. The maximum Gasteiger partial charge on any atom is 0.0540 e. The summed E-state index contributed by atoms with van der Waals surface area (Å²) in [6.45, 7) is 1.04. The minimum absolute atomic E-state index is 1.04. The summed E-state index contributed by atoms with van der Waals surface area (Å²) in [5.41, 5.74) is 7.60. The number of hydrogen-bond acceptors (Lipinski definition) is 2. The van der Waals surface area contributed by atoms with Gasteiger partial charge in [-0.15, -0.1) is 0 Å². The van der Waals surface area contributed by atoms with Gasteiger partial charge in [0.15, 0.2) is 0 Å². The molecular formula is C37H28N2. The van der Waals surface area contributed by atoms with Gasteiger partial charge in [0.25, 0.3) is 0 Å². The van der Waals surface area contributed by atoms with E-state index in [0.29, 0.717) is 0 Å². The molecule has 0 atom stereocenters. The Kier molecular flexibility index (Phi) is 5.06. The van der Waals surface area contributed by atoms with Gasteiger partial charge in [-0.2, -0.15) is 0 Å².